The van der Waals surface area contributed by atoms with Gasteiger partial charge in [-0.2, -0.15) is 0 Å². The number of rotatable bonds is 8. The van der Waals surface area contributed by atoms with E-state index in [1.54, 1.807) is 29.6 Å². The summed E-state index contributed by atoms with van der Waals surface area (Å²) in [5.74, 6) is 0.299. The number of aromatic nitrogens is 1. The molecule has 0 spiro atoms. The van der Waals surface area contributed by atoms with Crippen molar-refractivity contribution in [2.24, 2.45) is 0 Å². The van der Waals surface area contributed by atoms with Crippen molar-refractivity contribution in [3.05, 3.63) is 82.3 Å². The molecule has 0 unspecified atom stereocenters. The third-order valence-electron chi connectivity index (χ3n) is 5.01. The van der Waals surface area contributed by atoms with Crippen LogP contribution in [-0.2, 0) is 11.3 Å². The molecule has 0 bridgehead atoms. The van der Waals surface area contributed by atoms with Crippen molar-refractivity contribution in [1.82, 2.24) is 10.3 Å². The average molecular weight is 478 g/mol. The van der Waals surface area contributed by atoms with Crippen LogP contribution in [0.25, 0.3) is 22.4 Å². The highest BCUT2D eigenvalue weighted by molar-refractivity contribution is 7.14. The Labute approximate surface area is 197 Å². The number of anilines is 1. The Bertz CT molecular complexity index is 1340. The van der Waals surface area contributed by atoms with Gasteiger partial charge >= 0.3 is 0 Å². The molecule has 0 atom stereocenters. The van der Waals surface area contributed by atoms with Crippen molar-refractivity contribution < 1.29 is 18.4 Å². The number of hydrogen-bond donors (Lipinski definition) is 1. The Morgan fingerprint density at radius 2 is 2.00 bits per heavy atom. The number of nitrogens with zero attached hydrogens (tertiary/aromatic N) is 2. The number of nitrogens with one attached hydrogen (secondary N) is 1. The Hall–Kier alpha value is -3.69. The molecule has 9 heteroatoms. The third-order valence-corrected chi connectivity index (χ3v) is 6.73. The minimum atomic E-state index is -0.182. The Morgan fingerprint density at radius 1 is 1.09 bits per heavy atom. The van der Waals surface area contributed by atoms with Gasteiger partial charge in [-0.25, -0.2) is 4.98 Å². The number of thiophene rings is 1. The Kier molecular flexibility index (Phi) is 6.05. The quantitative estimate of drug-likeness (QED) is 0.316. The van der Waals surface area contributed by atoms with Gasteiger partial charge < -0.3 is 14.2 Å². The van der Waals surface area contributed by atoms with Crippen LogP contribution in [0.2, 0.25) is 0 Å². The summed E-state index contributed by atoms with van der Waals surface area (Å²) in [6.45, 7) is 0.586. The monoisotopic (exact) mass is 477 g/mol. The first kappa shape index (κ1) is 21.2. The van der Waals surface area contributed by atoms with Crippen molar-refractivity contribution in [1.29, 1.82) is 0 Å². The molecule has 0 saturated heterocycles. The largest absolute Gasteiger partial charge is 0.472 e. The molecule has 4 heterocycles. The lowest BCUT2D eigenvalue weighted by Gasteiger charge is -2.19. The standard InChI is InChI=1S/C24H19N3O4S2/c28-22(25-13-16-8-10-30-14-16)7-9-27(23(29)21-6-3-11-32-21)24-26-18(15-33-24)20-12-17-4-1-2-5-19(17)31-20/h1-6,8,10-12,14-15H,7,9,13H2,(H,25,28). The van der Waals surface area contributed by atoms with Crippen LogP contribution in [0.3, 0.4) is 0 Å². The molecule has 1 N–H and O–H groups in total. The van der Waals surface area contributed by atoms with Crippen LogP contribution in [0.5, 0.6) is 0 Å². The number of furan rings is 2. The number of carbonyl (C=O) groups excluding carboxylic acids is 2. The molecule has 1 aromatic carbocycles. The summed E-state index contributed by atoms with van der Waals surface area (Å²) in [5, 5.41) is 8.07. The summed E-state index contributed by atoms with van der Waals surface area (Å²) < 4.78 is 10.9. The molecule has 166 valence electrons. The number of benzene rings is 1. The van der Waals surface area contributed by atoms with Gasteiger partial charge in [0.2, 0.25) is 5.91 Å². The summed E-state index contributed by atoms with van der Waals surface area (Å²) in [6, 6.07) is 15.1. The van der Waals surface area contributed by atoms with Gasteiger partial charge in [-0.3, -0.25) is 14.5 Å². The van der Waals surface area contributed by atoms with Gasteiger partial charge in [0.05, 0.1) is 17.4 Å². The summed E-state index contributed by atoms with van der Waals surface area (Å²) in [4.78, 5) is 32.4. The zero-order valence-corrected chi connectivity index (χ0v) is 19.0. The number of para-hydroxylation sites is 1. The van der Waals surface area contributed by atoms with E-state index >= 15 is 0 Å². The second-order valence-corrected chi connectivity index (χ2v) is 9.04. The molecule has 0 fully saturated rings. The highest BCUT2D eigenvalue weighted by Crippen LogP contribution is 2.32. The minimum absolute atomic E-state index is 0.147. The van der Waals surface area contributed by atoms with Gasteiger partial charge in [0.1, 0.15) is 11.3 Å². The minimum Gasteiger partial charge on any atom is -0.472 e. The van der Waals surface area contributed by atoms with Crippen molar-refractivity contribution in [3.63, 3.8) is 0 Å². The van der Waals surface area contributed by atoms with Gasteiger partial charge in [-0.05, 0) is 29.6 Å². The van der Waals surface area contributed by atoms with Crippen molar-refractivity contribution >= 4 is 50.6 Å². The van der Waals surface area contributed by atoms with Crippen LogP contribution in [0.4, 0.5) is 5.13 Å². The molecule has 4 aromatic heterocycles. The van der Waals surface area contributed by atoms with Crippen LogP contribution in [-0.4, -0.2) is 23.3 Å². The Morgan fingerprint density at radius 3 is 2.79 bits per heavy atom. The van der Waals surface area contributed by atoms with Gasteiger partial charge in [0.15, 0.2) is 10.9 Å². The summed E-state index contributed by atoms with van der Waals surface area (Å²) in [5.41, 5.74) is 2.31. The predicted octanol–water partition coefficient (Wildman–Crippen LogP) is 5.56. The van der Waals surface area contributed by atoms with Crippen molar-refractivity contribution in [2.45, 2.75) is 13.0 Å². The molecule has 33 heavy (non-hydrogen) atoms. The Balaban J connectivity index is 1.34. The molecule has 0 aliphatic heterocycles. The van der Waals surface area contributed by atoms with Gasteiger partial charge in [0, 0.05) is 35.8 Å². The summed E-state index contributed by atoms with van der Waals surface area (Å²) >= 11 is 2.70. The highest BCUT2D eigenvalue weighted by atomic mass is 32.1. The number of hydrogen-bond acceptors (Lipinski definition) is 7. The molecule has 7 nitrogen and oxygen atoms in total. The zero-order valence-electron chi connectivity index (χ0n) is 17.4. The van der Waals surface area contributed by atoms with Crippen LogP contribution in [0.15, 0.2) is 80.7 Å². The molecule has 0 saturated carbocycles. The number of amides is 2. The average Bonchev–Trinajstić information content (AvgIpc) is 3.63. The van der Waals surface area contributed by atoms with Crippen molar-refractivity contribution in [2.75, 3.05) is 11.4 Å². The first-order valence-electron chi connectivity index (χ1n) is 10.2. The van der Waals surface area contributed by atoms with Crippen LogP contribution in [0, 0.1) is 0 Å². The highest BCUT2D eigenvalue weighted by Gasteiger charge is 2.23. The van der Waals surface area contributed by atoms with Crippen LogP contribution < -0.4 is 10.2 Å². The normalized spacial score (nSPS) is 11.0. The number of thiazole rings is 1. The van der Waals surface area contributed by atoms with E-state index in [4.69, 9.17) is 8.83 Å². The van der Waals surface area contributed by atoms with Crippen molar-refractivity contribution in [3.8, 4) is 11.5 Å². The fourth-order valence-corrected chi connectivity index (χ4v) is 4.83. The SMILES string of the molecule is O=C(CCN(C(=O)c1cccs1)c1nc(-c2cc3ccccc3o2)cs1)NCc1ccoc1. The van der Waals surface area contributed by atoms with Gasteiger partial charge in [0.25, 0.3) is 5.91 Å². The lowest BCUT2D eigenvalue weighted by atomic mass is 10.2. The number of carbonyl (C=O) groups is 2. The molecule has 5 rings (SSSR count). The van der Waals surface area contributed by atoms with Gasteiger partial charge in [-0.1, -0.05) is 24.3 Å². The molecule has 0 aliphatic carbocycles. The van der Waals surface area contributed by atoms with E-state index in [0.717, 1.165) is 16.5 Å². The maximum atomic E-state index is 13.2. The smallest absolute Gasteiger partial charge is 0.270 e. The maximum absolute atomic E-state index is 13.2. The van der Waals surface area contributed by atoms with E-state index in [1.807, 2.05) is 47.2 Å². The molecular formula is C24H19N3O4S2. The van der Waals surface area contributed by atoms with Crippen LogP contribution >= 0.6 is 22.7 Å². The molecule has 0 radical (unpaired) electrons. The zero-order chi connectivity index (χ0) is 22.6. The van der Waals surface area contributed by atoms with E-state index in [0.29, 0.717) is 28.0 Å². The first-order valence-corrected chi connectivity index (χ1v) is 12.0. The molecular weight excluding hydrogens is 458 g/mol. The predicted molar refractivity (Wildman–Crippen MR) is 128 cm³/mol. The van der Waals surface area contributed by atoms with Crippen LogP contribution in [0.1, 0.15) is 21.7 Å². The van der Waals surface area contributed by atoms with E-state index in [1.165, 1.54) is 22.7 Å². The fourth-order valence-electron chi connectivity index (χ4n) is 3.32. The topological polar surface area (TPSA) is 88.6 Å². The number of fused-ring (bicyclic) bond motifs is 1. The lowest BCUT2D eigenvalue weighted by Crippen LogP contribution is -2.34. The van der Waals surface area contributed by atoms with Gasteiger partial charge in [-0.15, -0.1) is 22.7 Å². The molecule has 0 aliphatic rings. The summed E-state index contributed by atoms with van der Waals surface area (Å²) in [7, 11) is 0. The fraction of sp³-hybridized carbons (Fsp3) is 0.125. The second kappa shape index (κ2) is 9.43. The molecule has 2 amide bonds. The molecule has 5 aromatic rings. The van der Waals surface area contributed by atoms with E-state index < -0.39 is 0 Å². The summed E-state index contributed by atoms with van der Waals surface area (Å²) in [6.07, 6.45) is 3.29. The second-order valence-electron chi connectivity index (χ2n) is 7.26. The van der Waals surface area contributed by atoms with E-state index in [9.17, 15) is 9.59 Å². The lowest BCUT2D eigenvalue weighted by molar-refractivity contribution is -0.121. The third kappa shape index (κ3) is 4.74. The van der Waals surface area contributed by atoms with E-state index in [2.05, 4.69) is 10.3 Å². The first-order chi connectivity index (χ1) is 16.2. The maximum Gasteiger partial charge on any atom is 0.270 e. The van der Waals surface area contributed by atoms with E-state index in [-0.39, 0.29) is 24.8 Å².